The average molecular weight is 246 g/mol. The Labute approximate surface area is 90.3 Å². The quantitative estimate of drug-likeness (QED) is 0.727. The number of aromatic nitrogens is 3. The molecular formula is C8H3F3N3O3-. The van der Waals surface area contributed by atoms with Crippen molar-refractivity contribution in [2.24, 2.45) is 0 Å². The molecule has 0 saturated heterocycles. The van der Waals surface area contributed by atoms with Crippen LogP contribution in [0.5, 0.6) is 0 Å². The molecule has 17 heavy (non-hydrogen) atoms. The number of rotatable bonds is 1. The number of nitrogens with zero attached hydrogens (tertiary/aromatic N) is 2. The van der Waals surface area contributed by atoms with Crippen LogP contribution < -0.4 is 10.8 Å². The van der Waals surface area contributed by atoms with E-state index in [1.807, 2.05) is 0 Å². The second kappa shape index (κ2) is 3.34. The van der Waals surface area contributed by atoms with Gasteiger partial charge >= 0.3 is 11.9 Å². The summed E-state index contributed by atoms with van der Waals surface area (Å²) in [4.78, 5) is 21.8. The number of hydrogen-bond donors (Lipinski definition) is 1. The van der Waals surface area contributed by atoms with Crippen LogP contribution in [0.25, 0.3) is 5.65 Å². The molecule has 0 amide bonds. The minimum atomic E-state index is -4.80. The molecule has 0 aliphatic heterocycles. The van der Waals surface area contributed by atoms with Crippen molar-refractivity contribution < 1.29 is 23.1 Å². The van der Waals surface area contributed by atoms with E-state index in [1.165, 1.54) is 0 Å². The zero-order valence-electron chi connectivity index (χ0n) is 7.91. The monoisotopic (exact) mass is 246 g/mol. The Kier molecular flexibility index (Phi) is 2.19. The zero-order valence-corrected chi connectivity index (χ0v) is 7.91. The smallest absolute Gasteiger partial charge is 0.431 e. The predicted octanol–water partition coefficient (Wildman–Crippen LogP) is -0.595. The lowest BCUT2D eigenvalue weighted by molar-refractivity contribution is -0.254. The second-order valence-corrected chi connectivity index (χ2v) is 3.11. The molecule has 6 nitrogen and oxygen atoms in total. The minimum Gasteiger partial charge on any atom is -0.545 e. The highest BCUT2D eigenvalue weighted by atomic mass is 19.4. The maximum atomic E-state index is 12.5. The van der Waals surface area contributed by atoms with Gasteiger partial charge in [0.2, 0.25) is 0 Å². The molecule has 0 aliphatic carbocycles. The molecule has 0 spiro atoms. The fourth-order valence-electron chi connectivity index (χ4n) is 1.39. The molecule has 90 valence electrons. The Hall–Kier alpha value is -2.32. The molecule has 0 aromatic carbocycles. The number of carboxylic acids is 1. The maximum Gasteiger partial charge on any atom is 0.431 e. The van der Waals surface area contributed by atoms with E-state index in [1.54, 1.807) is 5.10 Å². The number of H-pyrrole nitrogens is 1. The summed E-state index contributed by atoms with van der Waals surface area (Å²) in [5.74, 6) is -1.72. The van der Waals surface area contributed by atoms with Gasteiger partial charge in [0.05, 0.1) is 5.97 Å². The van der Waals surface area contributed by atoms with Crippen molar-refractivity contribution in [1.82, 2.24) is 14.6 Å². The van der Waals surface area contributed by atoms with Gasteiger partial charge in [-0.1, -0.05) is 0 Å². The van der Waals surface area contributed by atoms with Gasteiger partial charge < -0.3 is 9.90 Å². The molecule has 0 unspecified atom stereocenters. The molecule has 9 heteroatoms. The van der Waals surface area contributed by atoms with Gasteiger partial charge in [0.25, 0.3) is 0 Å². The third-order valence-electron chi connectivity index (χ3n) is 2.07. The van der Waals surface area contributed by atoms with Crippen molar-refractivity contribution in [2.75, 3.05) is 0 Å². The van der Waals surface area contributed by atoms with Crippen molar-refractivity contribution in [3.05, 3.63) is 33.9 Å². The van der Waals surface area contributed by atoms with Crippen LogP contribution in [0.2, 0.25) is 0 Å². The third kappa shape index (κ3) is 1.65. The number of carboxylic acid groups (broad SMARTS) is 1. The number of alkyl halides is 3. The number of carbonyl (C=O) groups is 1. The Balaban J connectivity index is 2.92. The number of fused-ring (bicyclic) bond motifs is 1. The molecular weight excluding hydrogens is 243 g/mol. The van der Waals surface area contributed by atoms with E-state index in [9.17, 15) is 27.9 Å². The predicted molar refractivity (Wildman–Crippen MR) is 45.1 cm³/mol. The fraction of sp³-hybridized carbons (Fsp3) is 0.125. The summed E-state index contributed by atoms with van der Waals surface area (Å²) in [6, 6.07) is 1.17. The van der Waals surface area contributed by atoms with Gasteiger partial charge in [-0.2, -0.15) is 18.3 Å². The number of halogens is 3. The molecule has 2 rings (SSSR count). The first-order chi connectivity index (χ1) is 7.82. The van der Waals surface area contributed by atoms with E-state index in [2.05, 4.69) is 5.10 Å². The third-order valence-corrected chi connectivity index (χ3v) is 2.07. The Morgan fingerprint density at radius 1 is 1.41 bits per heavy atom. The van der Waals surface area contributed by atoms with Gasteiger partial charge in [-0.25, -0.2) is 14.3 Å². The van der Waals surface area contributed by atoms with Crippen LogP contribution in [0.1, 0.15) is 16.1 Å². The molecule has 1 N–H and O–H groups in total. The lowest BCUT2D eigenvalue weighted by Crippen LogP contribution is -2.26. The molecule has 2 aromatic rings. The first kappa shape index (κ1) is 11.2. The molecule has 0 saturated carbocycles. The summed E-state index contributed by atoms with van der Waals surface area (Å²) >= 11 is 0. The van der Waals surface area contributed by atoms with Crippen LogP contribution in [0.15, 0.2) is 16.9 Å². The number of aromatic amines is 1. The highest BCUT2D eigenvalue weighted by Gasteiger charge is 2.34. The van der Waals surface area contributed by atoms with Crippen molar-refractivity contribution >= 4 is 11.6 Å². The van der Waals surface area contributed by atoms with Crippen LogP contribution in [0.4, 0.5) is 13.2 Å². The highest BCUT2D eigenvalue weighted by molar-refractivity contribution is 5.92. The second-order valence-electron chi connectivity index (χ2n) is 3.11. The van der Waals surface area contributed by atoms with E-state index in [-0.39, 0.29) is 4.40 Å². The number of hydrogen-bond acceptors (Lipinski definition) is 4. The molecule has 2 aromatic heterocycles. The van der Waals surface area contributed by atoms with Crippen LogP contribution in [-0.4, -0.2) is 20.6 Å². The molecule has 0 aliphatic rings. The Bertz CT molecular complexity index is 655. The average Bonchev–Trinajstić information content (AvgIpc) is 2.58. The van der Waals surface area contributed by atoms with Gasteiger partial charge in [-0.15, -0.1) is 0 Å². The van der Waals surface area contributed by atoms with Crippen molar-refractivity contribution in [3.8, 4) is 0 Å². The lowest BCUT2D eigenvalue weighted by Gasteiger charge is -2.10. The van der Waals surface area contributed by atoms with Crippen LogP contribution in [0, 0.1) is 0 Å². The van der Waals surface area contributed by atoms with Gasteiger partial charge in [0.15, 0.2) is 5.65 Å². The Morgan fingerprint density at radius 3 is 2.59 bits per heavy atom. The van der Waals surface area contributed by atoms with E-state index in [0.29, 0.717) is 12.1 Å². The topological polar surface area (TPSA) is 90.3 Å². The molecule has 0 fully saturated rings. The summed E-state index contributed by atoms with van der Waals surface area (Å²) in [6.45, 7) is 0. The summed E-state index contributed by atoms with van der Waals surface area (Å²) in [6.07, 6.45) is -4.80. The highest BCUT2D eigenvalue weighted by Crippen LogP contribution is 2.29. The molecule has 2 heterocycles. The molecule has 0 radical (unpaired) electrons. The number of nitrogens with one attached hydrogen (secondary N) is 1. The van der Waals surface area contributed by atoms with Crippen LogP contribution in [-0.2, 0) is 6.18 Å². The molecule has 0 atom stereocenters. The van der Waals surface area contributed by atoms with Crippen molar-refractivity contribution in [1.29, 1.82) is 0 Å². The first-order valence-electron chi connectivity index (χ1n) is 4.21. The van der Waals surface area contributed by atoms with Crippen molar-refractivity contribution in [3.63, 3.8) is 0 Å². The SMILES string of the molecule is O=C([O-])c1ccc(C(F)(F)F)n2c(=O)[nH]nc12. The van der Waals surface area contributed by atoms with Crippen LogP contribution in [0.3, 0.4) is 0 Å². The van der Waals surface area contributed by atoms with E-state index < -0.39 is 34.7 Å². The van der Waals surface area contributed by atoms with Crippen LogP contribution >= 0.6 is 0 Å². The van der Waals surface area contributed by atoms with Crippen molar-refractivity contribution in [2.45, 2.75) is 6.18 Å². The van der Waals surface area contributed by atoms with Gasteiger partial charge in [-0.3, -0.25) is 0 Å². The normalized spacial score (nSPS) is 11.9. The molecule has 0 bridgehead atoms. The largest absolute Gasteiger partial charge is 0.545 e. The number of pyridine rings is 1. The lowest BCUT2D eigenvalue weighted by atomic mass is 10.2. The summed E-state index contributed by atoms with van der Waals surface area (Å²) in [7, 11) is 0. The summed E-state index contributed by atoms with van der Waals surface area (Å²) < 4.78 is 37.8. The van der Waals surface area contributed by atoms with Gasteiger partial charge in [0.1, 0.15) is 5.69 Å². The minimum absolute atomic E-state index is 0.144. The van der Waals surface area contributed by atoms with E-state index in [4.69, 9.17) is 0 Å². The summed E-state index contributed by atoms with van der Waals surface area (Å²) in [5.41, 5.74) is -3.71. The summed E-state index contributed by atoms with van der Waals surface area (Å²) in [5, 5.41) is 15.6. The Morgan fingerprint density at radius 2 is 2.06 bits per heavy atom. The van der Waals surface area contributed by atoms with Gasteiger partial charge in [-0.05, 0) is 12.1 Å². The fourth-order valence-corrected chi connectivity index (χ4v) is 1.39. The standard InChI is InChI=1S/C8H4F3N3O3/c9-8(10,11)4-2-1-3(6(15)16)5-12-13-7(17)14(4)5/h1-2H,(H,13,17)(H,15,16)/p-1. The van der Waals surface area contributed by atoms with E-state index in [0.717, 1.165) is 0 Å². The maximum absolute atomic E-state index is 12.5. The van der Waals surface area contributed by atoms with Gasteiger partial charge in [0, 0.05) is 5.56 Å². The first-order valence-corrected chi connectivity index (χ1v) is 4.21. The number of carbonyl (C=O) groups excluding carboxylic acids is 1. The zero-order chi connectivity index (χ0) is 12.8. The number of aromatic carboxylic acids is 1. The van der Waals surface area contributed by atoms with E-state index >= 15 is 0 Å².